The van der Waals surface area contributed by atoms with Crippen molar-refractivity contribution in [2.24, 2.45) is 0 Å². The zero-order valence-electron chi connectivity index (χ0n) is 11.6. The summed E-state index contributed by atoms with van der Waals surface area (Å²) in [5.41, 5.74) is 3.15. The van der Waals surface area contributed by atoms with Crippen LogP contribution in [0.3, 0.4) is 0 Å². The van der Waals surface area contributed by atoms with E-state index in [1.54, 1.807) is 0 Å². The molecule has 108 valence electrons. The van der Waals surface area contributed by atoms with Gasteiger partial charge in [-0.3, -0.25) is 0 Å². The number of halogens is 2. The average molecular weight is 365 g/mol. The quantitative estimate of drug-likeness (QED) is 0.733. The van der Waals surface area contributed by atoms with Crippen LogP contribution in [0.4, 0.5) is 0 Å². The van der Waals surface area contributed by atoms with Gasteiger partial charge in [-0.1, -0.05) is 39.7 Å². The number of pyridine rings is 1. The molecule has 3 rings (SSSR count). The molecule has 0 bridgehead atoms. The Bertz CT molecular complexity index is 769. The van der Waals surface area contributed by atoms with Gasteiger partial charge in [-0.15, -0.1) is 0 Å². The van der Waals surface area contributed by atoms with Crippen LogP contribution in [-0.4, -0.2) is 9.38 Å². The molecule has 0 saturated heterocycles. The monoisotopic (exact) mass is 363 g/mol. The third kappa shape index (κ3) is 3.46. The maximum atomic E-state index is 5.98. The van der Waals surface area contributed by atoms with Crippen molar-refractivity contribution in [3.8, 4) is 0 Å². The summed E-state index contributed by atoms with van der Waals surface area (Å²) in [6.07, 6.45) is 3.87. The van der Waals surface area contributed by atoms with Gasteiger partial charge in [0.15, 0.2) is 0 Å². The average Bonchev–Trinajstić information content (AvgIpc) is 2.86. The van der Waals surface area contributed by atoms with Gasteiger partial charge >= 0.3 is 0 Å². The van der Waals surface area contributed by atoms with E-state index in [2.05, 4.69) is 45.3 Å². The van der Waals surface area contributed by atoms with E-state index in [1.807, 2.05) is 41.1 Å². The van der Waals surface area contributed by atoms with Crippen molar-refractivity contribution in [1.29, 1.82) is 0 Å². The summed E-state index contributed by atoms with van der Waals surface area (Å²) in [4.78, 5) is 4.57. The van der Waals surface area contributed by atoms with Gasteiger partial charge in [0, 0.05) is 29.5 Å². The lowest BCUT2D eigenvalue weighted by Crippen LogP contribution is -2.18. The minimum Gasteiger partial charge on any atom is -0.305 e. The number of nitrogens with one attached hydrogen (secondary N) is 1. The lowest BCUT2D eigenvalue weighted by Gasteiger charge is -2.13. The lowest BCUT2D eigenvalue weighted by atomic mass is 10.1. The zero-order valence-corrected chi connectivity index (χ0v) is 13.9. The van der Waals surface area contributed by atoms with Crippen LogP contribution in [0.1, 0.15) is 24.2 Å². The number of benzene rings is 1. The largest absolute Gasteiger partial charge is 0.305 e. The molecule has 3 nitrogen and oxygen atoms in total. The van der Waals surface area contributed by atoms with Gasteiger partial charge in [-0.2, -0.15) is 0 Å². The topological polar surface area (TPSA) is 29.3 Å². The van der Waals surface area contributed by atoms with Crippen molar-refractivity contribution in [2.45, 2.75) is 19.5 Å². The third-order valence-corrected chi connectivity index (χ3v) is 4.12. The lowest BCUT2D eigenvalue weighted by molar-refractivity contribution is 0.569. The number of hydrogen-bond acceptors (Lipinski definition) is 2. The SMILES string of the molecule is C[C@H](NCc1cn2cc(Cl)ccc2n1)c1cccc(Br)c1. The third-order valence-electron chi connectivity index (χ3n) is 3.40. The summed E-state index contributed by atoms with van der Waals surface area (Å²) in [5, 5.41) is 4.20. The summed E-state index contributed by atoms with van der Waals surface area (Å²) < 4.78 is 3.04. The van der Waals surface area contributed by atoms with Crippen LogP contribution < -0.4 is 5.32 Å². The molecule has 0 aliphatic rings. The molecule has 2 heterocycles. The van der Waals surface area contributed by atoms with E-state index in [0.29, 0.717) is 11.6 Å². The number of hydrogen-bond donors (Lipinski definition) is 1. The van der Waals surface area contributed by atoms with Gasteiger partial charge in [0.05, 0.1) is 10.7 Å². The number of imidazole rings is 1. The van der Waals surface area contributed by atoms with Crippen LogP contribution in [0.25, 0.3) is 5.65 Å². The first kappa shape index (κ1) is 14.6. The van der Waals surface area contributed by atoms with Crippen molar-refractivity contribution < 1.29 is 0 Å². The van der Waals surface area contributed by atoms with Gasteiger partial charge in [-0.25, -0.2) is 4.98 Å². The second kappa shape index (κ2) is 6.18. The van der Waals surface area contributed by atoms with Crippen LogP contribution >= 0.6 is 27.5 Å². The molecular weight excluding hydrogens is 350 g/mol. The van der Waals surface area contributed by atoms with E-state index in [4.69, 9.17) is 11.6 Å². The Balaban J connectivity index is 1.71. The summed E-state index contributed by atoms with van der Waals surface area (Å²) >= 11 is 9.48. The van der Waals surface area contributed by atoms with Crippen molar-refractivity contribution in [1.82, 2.24) is 14.7 Å². The summed E-state index contributed by atoms with van der Waals surface area (Å²) in [7, 11) is 0. The first-order valence-electron chi connectivity index (χ1n) is 6.74. The van der Waals surface area contributed by atoms with Crippen molar-refractivity contribution >= 4 is 33.2 Å². The predicted molar refractivity (Wildman–Crippen MR) is 89.6 cm³/mol. The fourth-order valence-electron chi connectivity index (χ4n) is 2.25. The smallest absolute Gasteiger partial charge is 0.137 e. The Morgan fingerprint density at radius 3 is 2.95 bits per heavy atom. The fourth-order valence-corrected chi connectivity index (χ4v) is 2.84. The molecule has 0 aliphatic carbocycles. The van der Waals surface area contributed by atoms with E-state index in [-0.39, 0.29) is 6.04 Å². The van der Waals surface area contributed by atoms with Gasteiger partial charge in [0.25, 0.3) is 0 Å². The van der Waals surface area contributed by atoms with E-state index in [0.717, 1.165) is 15.8 Å². The van der Waals surface area contributed by atoms with E-state index < -0.39 is 0 Å². The molecule has 1 atom stereocenters. The molecular formula is C16H15BrClN3. The van der Waals surface area contributed by atoms with Crippen LogP contribution in [0.5, 0.6) is 0 Å². The molecule has 0 amide bonds. The Hall–Kier alpha value is -1.36. The molecule has 3 aromatic rings. The highest BCUT2D eigenvalue weighted by Crippen LogP contribution is 2.18. The molecule has 0 radical (unpaired) electrons. The molecule has 1 N–H and O–H groups in total. The number of nitrogens with zero attached hydrogens (tertiary/aromatic N) is 2. The second-order valence-electron chi connectivity index (χ2n) is 5.00. The highest BCUT2D eigenvalue weighted by Gasteiger charge is 2.07. The first-order chi connectivity index (χ1) is 10.1. The Morgan fingerprint density at radius 1 is 1.29 bits per heavy atom. The molecule has 0 spiro atoms. The van der Waals surface area contributed by atoms with Crippen LogP contribution in [0, 0.1) is 0 Å². The van der Waals surface area contributed by atoms with E-state index in [1.165, 1.54) is 5.56 Å². The number of fused-ring (bicyclic) bond motifs is 1. The van der Waals surface area contributed by atoms with Crippen LogP contribution in [0.2, 0.25) is 5.02 Å². The summed E-state index contributed by atoms with van der Waals surface area (Å²) in [6, 6.07) is 12.4. The van der Waals surface area contributed by atoms with Crippen molar-refractivity contribution in [3.63, 3.8) is 0 Å². The summed E-state index contributed by atoms with van der Waals surface area (Å²) in [5.74, 6) is 0. The van der Waals surface area contributed by atoms with Crippen molar-refractivity contribution in [2.75, 3.05) is 0 Å². The van der Waals surface area contributed by atoms with Crippen molar-refractivity contribution in [3.05, 3.63) is 69.5 Å². The fraction of sp³-hybridized carbons (Fsp3) is 0.188. The highest BCUT2D eigenvalue weighted by molar-refractivity contribution is 9.10. The maximum absolute atomic E-state index is 5.98. The minimum absolute atomic E-state index is 0.260. The van der Waals surface area contributed by atoms with E-state index >= 15 is 0 Å². The predicted octanol–water partition coefficient (Wildman–Crippen LogP) is 4.60. The molecule has 0 fully saturated rings. The molecule has 2 aromatic heterocycles. The summed E-state index contributed by atoms with van der Waals surface area (Å²) in [6.45, 7) is 2.86. The molecule has 0 saturated carbocycles. The first-order valence-corrected chi connectivity index (χ1v) is 7.91. The number of rotatable bonds is 4. The Kier molecular flexibility index (Phi) is 4.29. The highest BCUT2D eigenvalue weighted by atomic mass is 79.9. The molecule has 1 aromatic carbocycles. The normalized spacial score (nSPS) is 12.7. The van der Waals surface area contributed by atoms with Crippen LogP contribution in [-0.2, 0) is 6.54 Å². The number of aromatic nitrogens is 2. The zero-order chi connectivity index (χ0) is 14.8. The van der Waals surface area contributed by atoms with E-state index in [9.17, 15) is 0 Å². The Labute approximate surface area is 137 Å². The minimum atomic E-state index is 0.260. The van der Waals surface area contributed by atoms with Crippen LogP contribution in [0.15, 0.2) is 53.3 Å². The molecule has 0 aliphatic heterocycles. The molecule has 5 heteroatoms. The van der Waals surface area contributed by atoms with Gasteiger partial charge < -0.3 is 9.72 Å². The van der Waals surface area contributed by atoms with Gasteiger partial charge in [0.1, 0.15) is 5.65 Å². The standard InChI is InChI=1S/C16H15BrClN3/c1-11(12-3-2-4-13(17)7-12)19-8-15-10-21-9-14(18)5-6-16(21)20-15/h2-7,9-11,19H,8H2,1H3/t11-/m0/s1. The second-order valence-corrected chi connectivity index (χ2v) is 6.35. The van der Waals surface area contributed by atoms with Gasteiger partial charge in [0.2, 0.25) is 0 Å². The molecule has 21 heavy (non-hydrogen) atoms. The molecule has 0 unspecified atom stereocenters. The maximum Gasteiger partial charge on any atom is 0.137 e. The Morgan fingerprint density at radius 2 is 2.14 bits per heavy atom. The van der Waals surface area contributed by atoms with Gasteiger partial charge in [-0.05, 0) is 36.8 Å².